The molecule has 0 aromatic rings. The molecule has 0 aromatic heterocycles. The summed E-state index contributed by atoms with van der Waals surface area (Å²) in [5, 5.41) is 0. The van der Waals surface area contributed by atoms with E-state index in [0.29, 0.717) is 0 Å². The third-order valence-electron chi connectivity index (χ3n) is 1.61. The Bertz CT molecular complexity index is 304. The molecule has 6 heteroatoms. The van der Waals surface area contributed by atoms with Gasteiger partial charge in [0.25, 0.3) is 10.1 Å². The highest BCUT2D eigenvalue weighted by Gasteiger charge is 2.08. The number of carbonyl (C=O) groups excluding carboxylic acids is 2. The van der Waals surface area contributed by atoms with E-state index in [4.69, 9.17) is 4.55 Å². The predicted octanol–water partition coefficient (Wildman–Crippen LogP) is 0.593. The van der Waals surface area contributed by atoms with Crippen molar-refractivity contribution in [2.75, 3.05) is 5.75 Å². The van der Waals surface area contributed by atoms with E-state index in [1.54, 1.807) is 0 Å². The summed E-state index contributed by atoms with van der Waals surface area (Å²) in [6.45, 7) is 1.39. The Kier molecular flexibility index (Phi) is 5.56. The second-order valence-corrected chi connectivity index (χ2v) is 4.70. The first-order valence-corrected chi connectivity index (χ1v) is 5.88. The fourth-order valence-corrected chi connectivity index (χ4v) is 1.40. The van der Waals surface area contributed by atoms with Gasteiger partial charge in [0.15, 0.2) is 0 Å². The Morgan fingerprint density at radius 2 is 1.71 bits per heavy atom. The van der Waals surface area contributed by atoms with Gasteiger partial charge in [0.05, 0.1) is 5.75 Å². The van der Waals surface area contributed by atoms with E-state index in [-0.39, 0.29) is 37.2 Å². The average Bonchev–Trinajstić information content (AvgIpc) is 1.98. The zero-order valence-corrected chi connectivity index (χ0v) is 8.84. The molecule has 0 amide bonds. The molecule has 0 rings (SSSR count). The van der Waals surface area contributed by atoms with Gasteiger partial charge in [-0.1, -0.05) is 0 Å². The first kappa shape index (κ1) is 13.2. The van der Waals surface area contributed by atoms with Crippen LogP contribution in [0.25, 0.3) is 0 Å². The van der Waals surface area contributed by atoms with E-state index in [1.165, 1.54) is 6.92 Å². The highest BCUT2D eigenvalue weighted by Crippen LogP contribution is 2.01. The summed E-state index contributed by atoms with van der Waals surface area (Å²) in [4.78, 5) is 21.5. The summed E-state index contributed by atoms with van der Waals surface area (Å²) < 4.78 is 28.9. The number of hydrogen-bond acceptors (Lipinski definition) is 4. The molecule has 0 aliphatic rings. The first-order chi connectivity index (χ1) is 6.31. The van der Waals surface area contributed by atoms with Gasteiger partial charge < -0.3 is 4.79 Å². The van der Waals surface area contributed by atoms with Gasteiger partial charge in [0.2, 0.25) is 0 Å². The van der Waals surface area contributed by atoms with Crippen LogP contribution in [0.1, 0.15) is 32.6 Å². The van der Waals surface area contributed by atoms with Crippen LogP contribution in [0.3, 0.4) is 0 Å². The zero-order chi connectivity index (χ0) is 11.2. The highest BCUT2D eigenvalue weighted by atomic mass is 32.2. The lowest BCUT2D eigenvalue weighted by atomic mass is 10.1. The Labute approximate surface area is 83.2 Å². The molecule has 82 valence electrons. The third kappa shape index (κ3) is 9.34. The monoisotopic (exact) mass is 222 g/mol. The summed E-state index contributed by atoms with van der Waals surface area (Å²) in [5.41, 5.74) is 0. The maximum absolute atomic E-state index is 11.0. The highest BCUT2D eigenvalue weighted by molar-refractivity contribution is 7.85. The van der Waals surface area contributed by atoms with Crippen molar-refractivity contribution in [1.29, 1.82) is 0 Å². The smallest absolute Gasteiger partial charge is 0.264 e. The van der Waals surface area contributed by atoms with E-state index >= 15 is 0 Å². The van der Waals surface area contributed by atoms with Crippen LogP contribution in [-0.4, -0.2) is 30.3 Å². The number of Topliss-reactive ketones (excluding diaryl/α,β-unsaturated/α-hetero) is 2. The fraction of sp³-hybridized carbons (Fsp3) is 0.750. The summed E-state index contributed by atoms with van der Waals surface area (Å²) >= 11 is 0. The van der Waals surface area contributed by atoms with Crippen molar-refractivity contribution in [3.63, 3.8) is 0 Å². The molecule has 0 radical (unpaired) electrons. The second-order valence-electron chi connectivity index (χ2n) is 3.13. The molecule has 0 bridgehead atoms. The van der Waals surface area contributed by atoms with Gasteiger partial charge in [-0.05, 0) is 13.3 Å². The summed E-state index contributed by atoms with van der Waals surface area (Å²) in [6.07, 6.45) is 0.550. The number of hydrogen-bond donors (Lipinski definition) is 1. The van der Waals surface area contributed by atoms with Crippen LogP contribution in [0.15, 0.2) is 0 Å². The van der Waals surface area contributed by atoms with Gasteiger partial charge >= 0.3 is 0 Å². The van der Waals surface area contributed by atoms with Gasteiger partial charge in [-0.25, -0.2) is 0 Å². The van der Waals surface area contributed by atoms with Crippen LogP contribution in [0.4, 0.5) is 0 Å². The molecule has 0 fully saturated rings. The van der Waals surface area contributed by atoms with Gasteiger partial charge in [-0.15, -0.1) is 0 Å². The minimum atomic E-state index is -3.97. The largest absolute Gasteiger partial charge is 0.300 e. The Balaban J connectivity index is 3.60. The number of rotatable bonds is 7. The Hall–Kier alpha value is -0.750. The SMILES string of the molecule is CC(=O)CCC(=O)CCCS(=O)(=O)O. The topological polar surface area (TPSA) is 88.5 Å². The lowest BCUT2D eigenvalue weighted by Gasteiger charge is -1.98. The van der Waals surface area contributed by atoms with Crippen molar-refractivity contribution in [2.24, 2.45) is 0 Å². The van der Waals surface area contributed by atoms with Crippen molar-refractivity contribution in [2.45, 2.75) is 32.6 Å². The summed E-state index contributed by atoms with van der Waals surface area (Å²) in [6, 6.07) is 0. The van der Waals surface area contributed by atoms with Crippen LogP contribution in [0.5, 0.6) is 0 Å². The predicted molar refractivity (Wildman–Crippen MR) is 50.6 cm³/mol. The number of ketones is 2. The molecule has 0 heterocycles. The third-order valence-corrected chi connectivity index (χ3v) is 2.42. The van der Waals surface area contributed by atoms with Crippen molar-refractivity contribution < 1.29 is 22.6 Å². The Morgan fingerprint density at radius 3 is 2.14 bits per heavy atom. The maximum Gasteiger partial charge on any atom is 0.264 e. The van der Waals surface area contributed by atoms with Gasteiger partial charge in [0.1, 0.15) is 11.6 Å². The molecule has 0 aromatic carbocycles. The van der Waals surface area contributed by atoms with Crippen LogP contribution in [0.2, 0.25) is 0 Å². The van der Waals surface area contributed by atoms with Gasteiger partial charge in [0, 0.05) is 19.3 Å². The molecule has 0 saturated carbocycles. The zero-order valence-electron chi connectivity index (χ0n) is 8.02. The standard InChI is InChI=1S/C8H14O5S/c1-7(9)4-5-8(10)3-2-6-14(11,12)13/h2-6H2,1H3,(H,11,12,13). The quantitative estimate of drug-likeness (QED) is 0.637. The molecule has 0 atom stereocenters. The van der Waals surface area contributed by atoms with Gasteiger partial charge in [-0.2, -0.15) is 8.42 Å². The van der Waals surface area contributed by atoms with E-state index in [9.17, 15) is 18.0 Å². The normalized spacial score (nSPS) is 11.3. The maximum atomic E-state index is 11.0. The van der Waals surface area contributed by atoms with Crippen molar-refractivity contribution in [3.8, 4) is 0 Å². The summed E-state index contributed by atoms with van der Waals surface area (Å²) in [5.74, 6) is -0.615. The van der Waals surface area contributed by atoms with Crippen molar-refractivity contribution in [1.82, 2.24) is 0 Å². The van der Waals surface area contributed by atoms with Crippen LogP contribution in [-0.2, 0) is 19.7 Å². The van der Waals surface area contributed by atoms with Crippen LogP contribution >= 0.6 is 0 Å². The first-order valence-electron chi connectivity index (χ1n) is 4.27. The molecule has 0 aliphatic carbocycles. The lowest BCUT2D eigenvalue weighted by molar-refractivity contribution is -0.123. The van der Waals surface area contributed by atoms with Crippen molar-refractivity contribution >= 4 is 21.7 Å². The average molecular weight is 222 g/mol. The molecule has 0 aliphatic heterocycles. The molecule has 0 spiro atoms. The molecule has 0 unspecified atom stereocenters. The molecular formula is C8H14O5S. The minimum Gasteiger partial charge on any atom is -0.300 e. The molecule has 1 N–H and O–H groups in total. The van der Waals surface area contributed by atoms with E-state index in [0.717, 1.165) is 0 Å². The van der Waals surface area contributed by atoms with Crippen LogP contribution < -0.4 is 0 Å². The fourth-order valence-electron chi connectivity index (χ4n) is 0.892. The Morgan fingerprint density at radius 1 is 1.14 bits per heavy atom. The van der Waals surface area contributed by atoms with Crippen LogP contribution in [0, 0.1) is 0 Å². The van der Waals surface area contributed by atoms with E-state index in [2.05, 4.69) is 0 Å². The summed E-state index contributed by atoms with van der Waals surface area (Å²) in [7, 11) is -3.97. The molecule has 0 saturated heterocycles. The minimum absolute atomic E-state index is 0.0619. The second kappa shape index (κ2) is 5.87. The van der Waals surface area contributed by atoms with E-state index in [1.807, 2.05) is 0 Å². The molecule has 14 heavy (non-hydrogen) atoms. The lowest BCUT2D eigenvalue weighted by Crippen LogP contribution is -2.07. The molecule has 5 nitrogen and oxygen atoms in total. The molecular weight excluding hydrogens is 208 g/mol. The number of carbonyl (C=O) groups is 2. The van der Waals surface area contributed by atoms with E-state index < -0.39 is 15.9 Å². The van der Waals surface area contributed by atoms with Crippen molar-refractivity contribution in [3.05, 3.63) is 0 Å². The van der Waals surface area contributed by atoms with Gasteiger partial charge in [-0.3, -0.25) is 9.35 Å².